The van der Waals surface area contributed by atoms with Crippen LogP contribution >= 0.6 is 11.3 Å². The van der Waals surface area contributed by atoms with Crippen molar-refractivity contribution in [1.29, 1.82) is 0 Å². The molecule has 1 atom stereocenters. The average Bonchev–Trinajstić information content (AvgIpc) is 2.66. The fourth-order valence-electron chi connectivity index (χ4n) is 1.42. The summed E-state index contributed by atoms with van der Waals surface area (Å²) in [5, 5.41) is 6.01. The molecule has 3 nitrogen and oxygen atoms in total. The highest BCUT2D eigenvalue weighted by molar-refractivity contribution is 7.14. The van der Waals surface area contributed by atoms with Gasteiger partial charge in [0.2, 0.25) is 0 Å². The predicted molar refractivity (Wildman–Crippen MR) is 69.3 cm³/mol. The summed E-state index contributed by atoms with van der Waals surface area (Å²) in [6.45, 7) is 6.88. The minimum Gasteiger partial charge on any atom is -0.350 e. The number of carbonyl (C=O) groups is 1. The van der Waals surface area contributed by atoms with Crippen LogP contribution in [0.4, 0.5) is 0 Å². The van der Waals surface area contributed by atoms with Gasteiger partial charge in [0, 0.05) is 17.5 Å². The molecule has 0 aliphatic rings. The zero-order chi connectivity index (χ0) is 12.1. The summed E-state index contributed by atoms with van der Waals surface area (Å²) in [4.78, 5) is 13.9. The Labute approximate surface area is 101 Å². The minimum absolute atomic E-state index is 0.0369. The third-order valence-corrected chi connectivity index (χ3v) is 3.78. The molecule has 0 aromatic carbocycles. The molecule has 1 aromatic rings. The number of likely N-dealkylation sites (N-methyl/N-ethyl adjacent to an activating group) is 1. The van der Waals surface area contributed by atoms with Gasteiger partial charge in [0.05, 0.1) is 4.88 Å². The molecule has 1 rings (SSSR count). The third kappa shape index (κ3) is 3.32. The number of hydrogen-bond donors (Lipinski definition) is 2. The molecule has 1 unspecified atom stereocenters. The maximum absolute atomic E-state index is 11.8. The van der Waals surface area contributed by atoms with Crippen molar-refractivity contribution in [3.63, 3.8) is 0 Å². The van der Waals surface area contributed by atoms with Crippen molar-refractivity contribution < 1.29 is 4.79 Å². The largest absolute Gasteiger partial charge is 0.350 e. The average molecular weight is 240 g/mol. The van der Waals surface area contributed by atoms with E-state index in [4.69, 9.17) is 0 Å². The smallest absolute Gasteiger partial charge is 0.261 e. The van der Waals surface area contributed by atoms with Crippen molar-refractivity contribution in [1.82, 2.24) is 10.6 Å². The Morgan fingerprint density at radius 1 is 1.56 bits per heavy atom. The number of thiophene rings is 1. The fourth-order valence-corrected chi connectivity index (χ4v) is 2.45. The Hall–Kier alpha value is -0.870. The molecule has 0 bridgehead atoms. The second kappa shape index (κ2) is 6.01. The number of aryl methyl sites for hydroxylation is 2. The molecule has 4 heteroatoms. The summed E-state index contributed by atoms with van der Waals surface area (Å²) in [6.07, 6.45) is 0.989. The molecule has 0 fully saturated rings. The first-order valence-electron chi connectivity index (χ1n) is 5.63. The van der Waals surface area contributed by atoms with Crippen molar-refractivity contribution in [3.8, 4) is 0 Å². The van der Waals surface area contributed by atoms with Gasteiger partial charge in [0.1, 0.15) is 0 Å². The molecular formula is C12H20N2OS. The molecule has 0 spiro atoms. The molecule has 0 radical (unpaired) electrons. The van der Waals surface area contributed by atoms with E-state index in [-0.39, 0.29) is 5.91 Å². The van der Waals surface area contributed by atoms with Gasteiger partial charge in [0.25, 0.3) is 5.91 Å². The predicted octanol–water partition coefficient (Wildman–Crippen LogP) is 1.96. The van der Waals surface area contributed by atoms with Crippen LogP contribution in [0.2, 0.25) is 0 Å². The molecule has 1 heterocycles. The topological polar surface area (TPSA) is 41.1 Å². The fraction of sp³-hybridized carbons (Fsp3) is 0.583. The number of carbonyl (C=O) groups excluding carboxylic acids is 1. The zero-order valence-corrected chi connectivity index (χ0v) is 11.2. The van der Waals surface area contributed by atoms with Crippen LogP contribution in [-0.4, -0.2) is 25.5 Å². The first-order valence-corrected chi connectivity index (χ1v) is 6.44. The van der Waals surface area contributed by atoms with E-state index in [1.54, 1.807) is 11.3 Å². The zero-order valence-electron chi connectivity index (χ0n) is 10.4. The quantitative estimate of drug-likeness (QED) is 0.826. The van der Waals surface area contributed by atoms with Crippen molar-refractivity contribution >= 4 is 17.2 Å². The van der Waals surface area contributed by atoms with Crippen LogP contribution in [0.1, 0.15) is 34.0 Å². The van der Waals surface area contributed by atoms with E-state index in [0.29, 0.717) is 12.6 Å². The highest BCUT2D eigenvalue weighted by Crippen LogP contribution is 2.21. The second-order valence-corrected chi connectivity index (χ2v) is 5.20. The summed E-state index contributed by atoms with van der Waals surface area (Å²) in [6, 6.07) is 2.30. The molecule has 0 saturated heterocycles. The van der Waals surface area contributed by atoms with Gasteiger partial charge in [-0.3, -0.25) is 4.79 Å². The van der Waals surface area contributed by atoms with E-state index in [9.17, 15) is 4.79 Å². The summed E-state index contributed by atoms with van der Waals surface area (Å²) < 4.78 is 0. The Bertz CT molecular complexity index is 360. The van der Waals surface area contributed by atoms with Crippen LogP contribution in [0.5, 0.6) is 0 Å². The lowest BCUT2D eigenvalue weighted by molar-refractivity contribution is 0.0954. The van der Waals surface area contributed by atoms with E-state index < -0.39 is 0 Å². The molecule has 1 amide bonds. The van der Waals surface area contributed by atoms with E-state index in [2.05, 4.69) is 24.5 Å². The van der Waals surface area contributed by atoms with Crippen LogP contribution in [0.25, 0.3) is 0 Å². The van der Waals surface area contributed by atoms with Gasteiger partial charge in [-0.25, -0.2) is 0 Å². The third-order valence-electron chi connectivity index (χ3n) is 2.69. The lowest BCUT2D eigenvalue weighted by Gasteiger charge is -2.10. The van der Waals surface area contributed by atoms with Gasteiger partial charge in [-0.2, -0.15) is 0 Å². The standard InChI is InChI=1S/C12H20N2OS/c1-5-10-6-11(16-9(10)3)12(15)14-7-8(2)13-4/h6,8,13H,5,7H2,1-4H3,(H,14,15). The first kappa shape index (κ1) is 13.2. The van der Waals surface area contributed by atoms with Crippen molar-refractivity contribution in [2.75, 3.05) is 13.6 Å². The molecule has 0 saturated carbocycles. The number of hydrogen-bond acceptors (Lipinski definition) is 3. The van der Waals surface area contributed by atoms with E-state index in [0.717, 1.165) is 11.3 Å². The maximum atomic E-state index is 11.8. The van der Waals surface area contributed by atoms with E-state index in [1.165, 1.54) is 10.4 Å². The van der Waals surface area contributed by atoms with Crippen molar-refractivity contribution in [3.05, 3.63) is 21.4 Å². The van der Waals surface area contributed by atoms with Gasteiger partial charge in [0.15, 0.2) is 0 Å². The maximum Gasteiger partial charge on any atom is 0.261 e. The molecular weight excluding hydrogens is 220 g/mol. The highest BCUT2D eigenvalue weighted by atomic mass is 32.1. The van der Waals surface area contributed by atoms with Crippen LogP contribution in [0.3, 0.4) is 0 Å². The Kier molecular flexibility index (Phi) is 4.96. The SMILES string of the molecule is CCc1cc(C(=O)NCC(C)NC)sc1C. The molecule has 0 aliphatic heterocycles. The van der Waals surface area contributed by atoms with E-state index in [1.807, 2.05) is 20.0 Å². The summed E-state index contributed by atoms with van der Waals surface area (Å²) in [5.41, 5.74) is 1.27. The molecule has 0 aliphatic carbocycles. The van der Waals surface area contributed by atoms with E-state index >= 15 is 0 Å². The Balaban J connectivity index is 2.59. The van der Waals surface area contributed by atoms with Crippen molar-refractivity contribution in [2.45, 2.75) is 33.2 Å². The lowest BCUT2D eigenvalue weighted by Crippen LogP contribution is -2.36. The second-order valence-electron chi connectivity index (χ2n) is 3.95. The number of rotatable bonds is 5. The van der Waals surface area contributed by atoms with Gasteiger partial charge in [-0.1, -0.05) is 6.92 Å². The Morgan fingerprint density at radius 3 is 2.75 bits per heavy atom. The molecule has 1 aromatic heterocycles. The van der Waals surface area contributed by atoms with Crippen molar-refractivity contribution in [2.24, 2.45) is 0 Å². The normalized spacial score (nSPS) is 12.5. The van der Waals surface area contributed by atoms with Crippen LogP contribution in [-0.2, 0) is 6.42 Å². The van der Waals surface area contributed by atoms with Gasteiger partial charge in [-0.05, 0) is 38.9 Å². The monoisotopic (exact) mass is 240 g/mol. The van der Waals surface area contributed by atoms with Crippen LogP contribution in [0.15, 0.2) is 6.07 Å². The summed E-state index contributed by atoms with van der Waals surface area (Å²) >= 11 is 1.57. The van der Waals surface area contributed by atoms with Crippen LogP contribution in [0, 0.1) is 6.92 Å². The summed E-state index contributed by atoms with van der Waals surface area (Å²) in [7, 11) is 1.89. The lowest BCUT2D eigenvalue weighted by atomic mass is 10.2. The highest BCUT2D eigenvalue weighted by Gasteiger charge is 2.11. The molecule has 90 valence electrons. The Morgan fingerprint density at radius 2 is 2.25 bits per heavy atom. The van der Waals surface area contributed by atoms with Gasteiger partial charge < -0.3 is 10.6 Å². The summed E-state index contributed by atoms with van der Waals surface area (Å²) in [5.74, 6) is 0.0369. The molecule has 16 heavy (non-hydrogen) atoms. The van der Waals surface area contributed by atoms with Crippen LogP contribution < -0.4 is 10.6 Å². The number of amides is 1. The first-order chi connectivity index (χ1) is 7.58. The molecule has 2 N–H and O–H groups in total. The number of nitrogens with one attached hydrogen (secondary N) is 2. The minimum atomic E-state index is 0.0369. The van der Waals surface area contributed by atoms with Gasteiger partial charge >= 0.3 is 0 Å². The van der Waals surface area contributed by atoms with Gasteiger partial charge in [-0.15, -0.1) is 11.3 Å².